The Morgan fingerprint density at radius 3 is 2.87 bits per heavy atom. The summed E-state index contributed by atoms with van der Waals surface area (Å²) in [5.74, 6) is -3.39. The molecule has 8 heteroatoms. The van der Waals surface area contributed by atoms with Gasteiger partial charge in [0.05, 0.1) is 18.2 Å². The van der Waals surface area contributed by atoms with Crippen molar-refractivity contribution in [3.8, 4) is 5.75 Å². The van der Waals surface area contributed by atoms with Crippen molar-refractivity contribution in [3.05, 3.63) is 64.3 Å². The van der Waals surface area contributed by atoms with Crippen molar-refractivity contribution in [2.24, 2.45) is 0 Å². The van der Waals surface area contributed by atoms with Crippen LogP contribution < -0.4 is 15.4 Å². The van der Waals surface area contributed by atoms with E-state index < -0.39 is 24.4 Å². The third-order valence-electron chi connectivity index (χ3n) is 5.20. The van der Waals surface area contributed by atoms with Crippen LogP contribution in [-0.2, 0) is 6.61 Å². The van der Waals surface area contributed by atoms with Crippen molar-refractivity contribution < 1.29 is 22.7 Å². The summed E-state index contributed by atoms with van der Waals surface area (Å²) in [5, 5.41) is 5.80. The molecule has 2 aromatic carbocycles. The molecule has 0 aliphatic carbocycles. The van der Waals surface area contributed by atoms with E-state index in [1.165, 1.54) is 17.4 Å². The molecule has 1 atom stereocenters. The quantitative estimate of drug-likeness (QED) is 0.614. The zero-order valence-electron chi connectivity index (χ0n) is 16.3. The minimum Gasteiger partial charge on any atom is -0.489 e. The second kappa shape index (κ2) is 8.28. The molecule has 1 aliphatic heterocycles. The standard InChI is InChI=1S/C22H21F3N2O2S/c1-13-20(21(28)27-19-8-9-26-12-22(19,24)25)16-10-15(6-7-18(16)30-13)29-11-14-4-2-3-5-17(14)23/h2-7,10,19,26H,8-9,11-12H2,1H3,(H,27,28)/t19-/m0/s1. The van der Waals surface area contributed by atoms with Crippen LogP contribution in [0, 0.1) is 12.7 Å². The normalized spacial score (nSPS) is 18.3. The summed E-state index contributed by atoms with van der Waals surface area (Å²) in [6.45, 7) is 1.82. The zero-order chi connectivity index (χ0) is 21.3. The molecule has 1 fully saturated rings. The van der Waals surface area contributed by atoms with Crippen LogP contribution in [0.15, 0.2) is 42.5 Å². The van der Waals surface area contributed by atoms with E-state index in [0.29, 0.717) is 28.8 Å². The summed E-state index contributed by atoms with van der Waals surface area (Å²) in [4.78, 5) is 13.6. The third kappa shape index (κ3) is 4.15. The molecule has 2 heterocycles. The van der Waals surface area contributed by atoms with Gasteiger partial charge in [0.25, 0.3) is 11.8 Å². The van der Waals surface area contributed by atoms with Gasteiger partial charge in [-0.25, -0.2) is 13.2 Å². The van der Waals surface area contributed by atoms with Crippen molar-refractivity contribution >= 4 is 27.3 Å². The van der Waals surface area contributed by atoms with E-state index in [9.17, 15) is 18.0 Å². The Balaban J connectivity index is 1.57. The number of hydrogen-bond donors (Lipinski definition) is 2. The van der Waals surface area contributed by atoms with Gasteiger partial charge in [0.2, 0.25) is 0 Å². The highest BCUT2D eigenvalue weighted by Crippen LogP contribution is 2.34. The minimum absolute atomic E-state index is 0.0458. The molecular formula is C22H21F3N2O2S. The maximum absolute atomic E-state index is 14.1. The lowest BCUT2D eigenvalue weighted by atomic mass is 10.0. The Hall–Kier alpha value is -2.58. The Kier molecular flexibility index (Phi) is 5.71. The highest BCUT2D eigenvalue weighted by atomic mass is 32.1. The summed E-state index contributed by atoms with van der Waals surface area (Å²) in [6, 6.07) is 10.4. The second-order valence-electron chi connectivity index (χ2n) is 7.32. The number of benzene rings is 2. The molecule has 1 saturated heterocycles. The van der Waals surface area contributed by atoms with Crippen LogP contribution in [0.2, 0.25) is 0 Å². The van der Waals surface area contributed by atoms with Crippen LogP contribution in [0.25, 0.3) is 10.1 Å². The van der Waals surface area contributed by atoms with Crippen LogP contribution in [-0.4, -0.2) is 31.0 Å². The van der Waals surface area contributed by atoms with Crippen molar-refractivity contribution in [1.82, 2.24) is 10.6 Å². The van der Waals surface area contributed by atoms with Crippen LogP contribution in [0.1, 0.15) is 27.2 Å². The van der Waals surface area contributed by atoms with Gasteiger partial charge in [-0.1, -0.05) is 18.2 Å². The predicted octanol–water partition coefficient (Wildman–Crippen LogP) is 4.65. The Morgan fingerprint density at radius 1 is 1.30 bits per heavy atom. The SMILES string of the molecule is Cc1sc2ccc(OCc3ccccc3F)cc2c1C(=O)N[C@H]1CCNCC1(F)F. The van der Waals surface area contributed by atoms with Gasteiger partial charge in [0.1, 0.15) is 18.2 Å². The number of piperidine rings is 1. The fourth-order valence-electron chi connectivity index (χ4n) is 3.59. The van der Waals surface area contributed by atoms with Gasteiger partial charge in [0, 0.05) is 20.5 Å². The first-order valence-electron chi connectivity index (χ1n) is 9.64. The van der Waals surface area contributed by atoms with Crippen LogP contribution in [0.4, 0.5) is 13.2 Å². The van der Waals surface area contributed by atoms with E-state index in [2.05, 4.69) is 10.6 Å². The van der Waals surface area contributed by atoms with Gasteiger partial charge in [-0.15, -0.1) is 11.3 Å². The summed E-state index contributed by atoms with van der Waals surface area (Å²) < 4.78 is 48.6. The fourth-order valence-corrected chi connectivity index (χ4v) is 4.63. The molecule has 2 N–H and O–H groups in total. The number of alkyl halides is 2. The Labute approximate surface area is 176 Å². The molecule has 0 saturated carbocycles. The molecule has 0 spiro atoms. The van der Waals surface area contributed by atoms with Gasteiger partial charge < -0.3 is 15.4 Å². The number of halogens is 3. The zero-order valence-corrected chi connectivity index (χ0v) is 17.1. The maximum atomic E-state index is 14.1. The van der Waals surface area contributed by atoms with E-state index in [1.54, 1.807) is 37.3 Å². The smallest absolute Gasteiger partial charge is 0.280 e. The molecule has 0 bridgehead atoms. The molecular weight excluding hydrogens is 413 g/mol. The lowest BCUT2D eigenvalue weighted by Crippen LogP contribution is -2.57. The number of amides is 1. The van der Waals surface area contributed by atoms with E-state index in [1.807, 2.05) is 6.07 Å². The van der Waals surface area contributed by atoms with Crippen LogP contribution in [0.5, 0.6) is 5.75 Å². The van der Waals surface area contributed by atoms with Gasteiger partial charge in [-0.05, 0) is 44.2 Å². The molecule has 3 aromatic rings. The number of aryl methyl sites for hydroxylation is 1. The number of carbonyl (C=O) groups is 1. The predicted molar refractivity (Wildman–Crippen MR) is 111 cm³/mol. The molecule has 0 unspecified atom stereocenters. The molecule has 0 radical (unpaired) electrons. The molecule has 1 amide bonds. The minimum atomic E-state index is -3.00. The second-order valence-corrected chi connectivity index (χ2v) is 8.58. The molecule has 1 aliphatic rings. The number of hydrogen-bond acceptors (Lipinski definition) is 4. The number of carbonyl (C=O) groups excluding carboxylic acids is 1. The Bertz CT molecular complexity index is 1080. The summed E-state index contributed by atoms with van der Waals surface area (Å²) in [5.41, 5.74) is 0.797. The van der Waals surface area contributed by atoms with Crippen molar-refractivity contribution in [2.75, 3.05) is 13.1 Å². The number of ether oxygens (including phenoxy) is 1. The fraction of sp³-hybridized carbons (Fsp3) is 0.318. The first kappa shape index (κ1) is 20.7. The summed E-state index contributed by atoms with van der Waals surface area (Å²) in [7, 11) is 0. The van der Waals surface area contributed by atoms with Gasteiger partial charge in [-0.2, -0.15) is 0 Å². The third-order valence-corrected chi connectivity index (χ3v) is 6.29. The highest BCUT2D eigenvalue weighted by molar-refractivity contribution is 7.19. The largest absolute Gasteiger partial charge is 0.489 e. The van der Waals surface area contributed by atoms with Gasteiger partial charge in [-0.3, -0.25) is 4.79 Å². The van der Waals surface area contributed by atoms with Crippen molar-refractivity contribution in [2.45, 2.75) is 31.9 Å². The van der Waals surface area contributed by atoms with Crippen molar-refractivity contribution in [1.29, 1.82) is 0 Å². The average molecular weight is 434 g/mol. The summed E-state index contributed by atoms with van der Waals surface area (Å²) in [6.07, 6.45) is 0.164. The van der Waals surface area contributed by atoms with Crippen molar-refractivity contribution in [3.63, 3.8) is 0 Å². The number of nitrogens with one attached hydrogen (secondary N) is 2. The monoisotopic (exact) mass is 434 g/mol. The molecule has 158 valence electrons. The van der Waals surface area contributed by atoms with E-state index >= 15 is 0 Å². The number of rotatable bonds is 5. The number of fused-ring (bicyclic) bond motifs is 1. The Morgan fingerprint density at radius 2 is 2.10 bits per heavy atom. The average Bonchev–Trinajstić information content (AvgIpc) is 3.04. The van der Waals surface area contributed by atoms with Gasteiger partial charge >= 0.3 is 0 Å². The molecule has 4 rings (SSSR count). The van der Waals surface area contributed by atoms with Crippen LogP contribution >= 0.6 is 11.3 Å². The van der Waals surface area contributed by atoms with E-state index in [0.717, 1.165) is 9.58 Å². The first-order valence-corrected chi connectivity index (χ1v) is 10.5. The molecule has 4 nitrogen and oxygen atoms in total. The number of thiophene rings is 1. The molecule has 1 aromatic heterocycles. The van der Waals surface area contributed by atoms with E-state index in [4.69, 9.17) is 4.74 Å². The first-order chi connectivity index (χ1) is 14.3. The summed E-state index contributed by atoms with van der Waals surface area (Å²) >= 11 is 1.42. The molecule has 30 heavy (non-hydrogen) atoms. The van der Waals surface area contributed by atoms with Gasteiger partial charge in [0.15, 0.2) is 0 Å². The lowest BCUT2D eigenvalue weighted by molar-refractivity contribution is -0.0487. The topological polar surface area (TPSA) is 50.4 Å². The lowest BCUT2D eigenvalue weighted by Gasteiger charge is -2.32. The highest BCUT2D eigenvalue weighted by Gasteiger charge is 2.42. The maximum Gasteiger partial charge on any atom is 0.280 e. The van der Waals surface area contributed by atoms with E-state index in [-0.39, 0.29) is 18.8 Å². The van der Waals surface area contributed by atoms with Crippen LogP contribution in [0.3, 0.4) is 0 Å².